The Balaban J connectivity index is 2.92. The van der Waals surface area contributed by atoms with Crippen LogP contribution in [0, 0.1) is 0 Å². The summed E-state index contributed by atoms with van der Waals surface area (Å²) in [6, 6.07) is 6.28. The van der Waals surface area contributed by atoms with Crippen molar-refractivity contribution in [3.05, 3.63) is 29.8 Å². The van der Waals surface area contributed by atoms with Gasteiger partial charge in [0, 0.05) is 0 Å². The Hall–Kier alpha value is -1.56. The molecule has 1 amide bonds. The molecule has 94 valence electrons. The van der Waals surface area contributed by atoms with Crippen LogP contribution >= 0.6 is 0 Å². The molecule has 0 saturated carbocycles. The Morgan fingerprint density at radius 1 is 1.35 bits per heavy atom. The third kappa shape index (κ3) is 4.07. The Bertz CT molecular complexity index is 497. The van der Waals surface area contributed by atoms with Crippen molar-refractivity contribution < 1.29 is 13.2 Å². The third-order valence-electron chi connectivity index (χ3n) is 2.22. The number of carbonyl (C=O) groups is 1. The molecule has 0 bridgehead atoms. The van der Waals surface area contributed by atoms with Gasteiger partial charge >= 0.3 is 0 Å². The van der Waals surface area contributed by atoms with Crippen LogP contribution in [0.25, 0.3) is 0 Å². The summed E-state index contributed by atoms with van der Waals surface area (Å²) in [6.45, 7) is 1.91. The SMILES string of the molecule is CCCCS(=O)(=O)Nc1ccccc1C(N)=O. The van der Waals surface area contributed by atoms with Gasteiger partial charge in [-0.15, -0.1) is 0 Å². The number of primary amides is 1. The molecular weight excluding hydrogens is 240 g/mol. The van der Waals surface area contributed by atoms with Crippen LogP contribution in [0.3, 0.4) is 0 Å². The van der Waals surface area contributed by atoms with E-state index < -0.39 is 15.9 Å². The van der Waals surface area contributed by atoms with Crippen molar-refractivity contribution in [3.63, 3.8) is 0 Å². The van der Waals surface area contributed by atoms with Crippen LogP contribution in [0.2, 0.25) is 0 Å². The third-order valence-corrected chi connectivity index (χ3v) is 3.58. The minimum atomic E-state index is -3.41. The van der Waals surface area contributed by atoms with E-state index in [0.717, 1.165) is 6.42 Å². The molecule has 1 rings (SSSR count). The Morgan fingerprint density at radius 2 is 2.00 bits per heavy atom. The van der Waals surface area contributed by atoms with Gasteiger partial charge in [0.2, 0.25) is 10.0 Å². The molecule has 0 fully saturated rings. The molecule has 6 heteroatoms. The summed E-state index contributed by atoms with van der Waals surface area (Å²) in [6.07, 6.45) is 1.37. The lowest BCUT2D eigenvalue weighted by atomic mass is 10.2. The first kappa shape index (κ1) is 13.5. The standard InChI is InChI=1S/C11H16N2O3S/c1-2-3-8-17(15,16)13-10-7-5-4-6-9(10)11(12)14/h4-7,13H,2-3,8H2,1H3,(H2,12,14). The summed E-state index contributed by atoms with van der Waals surface area (Å²) < 4.78 is 25.7. The number of para-hydroxylation sites is 1. The number of carbonyl (C=O) groups excluding carboxylic acids is 1. The first-order valence-corrected chi connectivity index (χ1v) is 7.01. The van der Waals surface area contributed by atoms with Crippen LogP contribution in [0.15, 0.2) is 24.3 Å². The number of anilines is 1. The molecule has 0 saturated heterocycles. The molecule has 17 heavy (non-hydrogen) atoms. The summed E-state index contributed by atoms with van der Waals surface area (Å²) >= 11 is 0. The second-order valence-corrected chi connectivity index (χ2v) is 5.53. The predicted molar refractivity (Wildman–Crippen MR) is 67.3 cm³/mol. The molecule has 1 aromatic carbocycles. The minimum absolute atomic E-state index is 0.0383. The molecule has 1 aromatic rings. The van der Waals surface area contributed by atoms with E-state index in [1.165, 1.54) is 12.1 Å². The fourth-order valence-electron chi connectivity index (χ4n) is 1.34. The normalized spacial score (nSPS) is 11.1. The van der Waals surface area contributed by atoms with E-state index in [0.29, 0.717) is 6.42 Å². The number of nitrogens with two attached hydrogens (primary N) is 1. The summed E-state index contributed by atoms with van der Waals surface area (Å²) in [7, 11) is -3.41. The Kier molecular flexibility index (Phi) is 4.51. The molecule has 0 atom stereocenters. The van der Waals surface area contributed by atoms with Gasteiger partial charge in [0.05, 0.1) is 17.0 Å². The highest BCUT2D eigenvalue weighted by molar-refractivity contribution is 7.92. The quantitative estimate of drug-likeness (QED) is 0.804. The predicted octanol–water partition coefficient (Wildman–Crippen LogP) is 1.33. The van der Waals surface area contributed by atoms with Crippen LogP contribution in [0.1, 0.15) is 30.1 Å². The van der Waals surface area contributed by atoms with Gasteiger partial charge in [-0.25, -0.2) is 8.42 Å². The van der Waals surface area contributed by atoms with E-state index in [4.69, 9.17) is 5.73 Å². The molecule has 3 N–H and O–H groups in total. The largest absolute Gasteiger partial charge is 0.366 e. The van der Waals surface area contributed by atoms with Crippen molar-refractivity contribution in [2.45, 2.75) is 19.8 Å². The van der Waals surface area contributed by atoms with Gasteiger partial charge in [-0.2, -0.15) is 0 Å². The molecule has 0 aliphatic rings. The number of nitrogens with one attached hydrogen (secondary N) is 1. The van der Waals surface area contributed by atoms with E-state index in [-0.39, 0.29) is 17.0 Å². The van der Waals surface area contributed by atoms with Crippen LogP contribution in [-0.4, -0.2) is 20.1 Å². The number of hydrogen-bond acceptors (Lipinski definition) is 3. The topological polar surface area (TPSA) is 89.3 Å². The lowest BCUT2D eigenvalue weighted by molar-refractivity contribution is 0.100. The van der Waals surface area contributed by atoms with Crippen molar-refractivity contribution in [1.29, 1.82) is 0 Å². The Labute approximate surface area is 101 Å². The number of sulfonamides is 1. The maximum atomic E-state index is 11.7. The molecule has 0 radical (unpaired) electrons. The van der Waals surface area contributed by atoms with Gasteiger partial charge in [0.25, 0.3) is 5.91 Å². The van der Waals surface area contributed by atoms with Gasteiger partial charge in [-0.05, 0) is 18.6 Å². The van der Waals surface area contributed by atoms with E-state index in [2.05, 4.69) is 4.72 Å². The van der Waals surface area contributed by atoms with Gasteiger partial charge in [0.15, 0.2) is 0 Å². The maximum absolute atomic E-state index is 11.7. The summed E-state index contributed by atoms with van der Waals surface area (Å²) in [5, 5.41) is 0. The molecule has 5 nitrogen and oxygen atoms in total. The second kappa shape index (κ2) is 5.67. The van der Waals surface area contributed by atoms with Crippen LogP contribution in [0.4, 0.5) is 5.69 Å². The fraction of sp³-hybridized carbons (Fsp3) is 0.364. The van der Waals surface area contributed by atoms with Crippen LogP contribution < -0.4 is 10.5 Å². The average molecular weight is 256 g/mol. The molecular formula is C11H16N2O3S. The van der Waals surface area contributed by atoms with Gasteiger partial charge in [-0.1, -0.05) is 25.5 Å². The molecule has 0 spiro atoms. The van der Waals surface area contributed by atoms with Crippen molar-refractivity contribution in [3.8, 4) is 0 Å². The summed E-state index contributed by atoms with van der Waals surface area (Å²) in [4.78, 5) is 11.1. The molecule has 0 aromatic heterocycles. The highest BCUT2D eigenvalue weighted by Crippen LogP contribution is 2.16. The Morgan fingerprint density at radius 3 is 2.59 bits per heavy atom. The number of rotatable bonds is 6. The van der Waals surface area contributed by atoms with Crippen molar-refractivity contribution in [2.75, 3.05) is 10.5 Å². The minimum Gasteiger partial charge on any atom is -0.366 e. The first-order valence-electron chi connectivity index (χ1n) is 5.35. The highest BCUT2D eigenvalue weighted by atomic mass is 32.2. The zero-order valence-corrected chi connectivity index (χ0v) is 10.5. The highest BCUT2D eigenvalue weighted by Gasteiger charge is 2.14. The van der Waals surface area contributed by atoms with Gasteiger partial charge in [0.1, 0.15) is 0 Å². The number of hydrogen-bond donors (Lipinski definition) is 2. The van der Waals surface area contributed by atoms with E-state index in [9.17, 15) is 13.2 Å². The van der Waals surface area contributed by atoms with Crippen molar-refractivity contribution in [2.24, 2.45) is 5.73 Å². The summed E-state index contributed by atoms with van der Waals surface area (Å²) in [5.41, 5.74) is 5.57. The molecule has 0 heterocycles. The fourth-order valence-corrected chi connectivity index (χ4v) is 2.62. The zero-order chi connectivity index (χ0) is 12.9. The number of amides is 1. The summed E-state index contributed by atoms with van der Waals surface area (Å²) in [5.74, 6) is -0.616. The van der Waals surface area contributed by atoms with Crippen LogP contribution in [0.5, 0.6) is 0 Å². The van der Waals surface area contributed by atoms with Crippen LogP contribution in [-0.2, 0) is 10.0 Å². The van der Waals surface area contributed by atoms with E-state index in [1.807, 2.05) is 6.92 Å². The van der Waals surface area contributed by atoms with Crippen molar-refractivity contribution in [1.82, 2.24) is 0 Å². The lowest BCUT2D eigenvalue weighted by Gasteiger charge is -2.10. The maximum Gasteiger partial charge on any atom is 0.250 e. The van der Waals surface area contributed by atoms with Crippen molar-refractivity contribution >= 4 is 21.6 Å². The monoisotopic (exact) mass is 256 g/mol. The second-order valence-electron chi connectivity index (χ2n) is 3.68. The smallest absolute Gasteiger partial charge is 0.250 e. The zero-order valence-electron chi connectivity index (χ0n) is 9.64. The number of unbranched alkanes of at least 4 members (excludes halogenated alkanes) is 1. The lowest BCUT2D eigenvalue weighted by Crippen LogP contribution is -2.20. The molecule has 0 aliphatic carbocycles. The number of benzene rings is 1. The first-order chi connectivity index (χ1) is 7.96. The molecule has 0 unspecified atom stereocenters. The van der Waals surface area contributed by atoms with E-state index in [1.54, 1.807) is 12.1 Å². The van der Waals surface area contributed by atoms with Gasteiger partial charge in [-0.3, -0.25) is 9.52 Å². The van der Waals surface area contributed by atoms with Gasteiger partial charge < -0.3 is 5.73 Å². The molecule has 0 aliphatic heterocycles. The van der Waals surface area contributed by atoms with E-state index >= 15 is 0 Å². The average Bonchev–Trinajstić information content (AvgIpc) is 2.26.